The molecule has 100 valence electrons. The number of ether oxygens (including phenoxy) is 1. The van der Waals surface area contributed by atoms with E-state index in [1.807, 2.05) is 24.3 Å². The van der Waals surface area contributed by atoms with Crippen molar-refractivity contribution < 1.29 is 9.66 Å². The van der Waals surface area contributed by atoms with Crippen molar-refractivity contribution in [2.75, 3.05) is 7.11 Å². The van der Waals surface area contributed by atoms with Crippen LogP contribution >= 0.6 is 11.3 Å². The molecule has 0 saturated carbocycles. The summed E-state index contributed by atoms with van der Waals surface area (Å²) >= 11 is 1.15. The van der Waals surface area contributed by atoms with Gasteiger partial charge in [-0.1, -0.05) is 23.5 Å². The van der Waals surface area contributed by atoms with Gasteiger partial charge in [-0.3, -0.25) is 10.1 Å². The highest BCUT2D eigenvalue weighted by molar-refractivity contribution is 7.13. The smallest absolute Gasteiger partial charge is 0.324 e. The highest BCUT2D eigenvalue weighted by Gasteiger charge is 2.08. The number of nitrogens with one attached hydrogen (secondary N) is 1. The lowest BCUT2D eigenvalue weighted by atomic mass is 10.2. The fourth-order valence-corrected chi connectivity index (χ4v) is 2.37. The van der Waals surface area contributed by atoms with Gasteiger partial charge in [0, 0.05) is 24.5 Å². The first kappa shape index (κ1) is 13.5. The van der Waals surface area contributed by atoms with Crippen molar-refractivity contribution in [3.63, 3.8) is 0 Å². The number of nitrogens with zero attached hydrogens (tertiary/aromatic N) is 1. The number of hydrogen-bond donors (Lipinski definition) is 1. The molecule has 0 fully saturated rings. The molecule has 0 aliphatic carbocycles. The third kappa shape index (κ3) is 3.77. The van der Waals surface area contributed by atoms with Crippen molar-refractivity contribution >= 4 is 16.3 Å². The first-order valence-electron chi connectivity index (χ1n) is 5.74. The highest BCUT2D eigenvalue weighted by Crippen LogP contribution is 2.22. The summed E-state index contributed by atoms with van der Waals surface area (Å²) in [7, 11) is 1.64. The fraction of sp³-hybridized carbons (Fsp3) is 0.231. The molecule has 0 atom stereocenters. The van der Waals surface area contributed by atoms with E-state index in [-0.39, 0.29) is 9.92 Å². The van der Waals surface area contributed by atoms with Gasteiger partial charge in [0.05, 0.1) is 12.0 Å². The first-order valence-corrected chi connectivity index (χ1v) is 6.62. The summed E-state index contributed by atoms with van der Waals surface area (Å²) in [5, 5.41) is 15.8. The summed E-state index contributed by atoms with van der Waals surface area (Å²) in [4.78, 5) is 10.2. The van der Waals surface area contributed by atoms with E-state index in [9.17, 15) is 10.1 Å². The predicted molar refractivity (Wildman–Crippen MR) is 74.5 cm³/mol. The summed E-state index contributed by atoms with van der Waals surface area (Å²) in [6, 6.07) is 9.40. The Bertz CT molecular complexity index is 551. The number of hydrogen-bond acceptors (Lipinski definition) is 5. The van der Waals surface area contributed by atoms with Gasteiger partial charge in [-0.25, -0.2) is 0 Å². The molecule has 0 amide bonds. The van der Waals surface area contributed by atoms with Gasteiger partial charge in [-0.15, -0.1) is 0 Å². The summed E-state index contributed by atoms with van der Waals surface area (Å²) in [5.74, 6) is 0.831. The SMILES string of the molecule is COc1ccc(CNCc2csc([N+](=O)[O-])c2)cc1. The topological polar surface area (TPSA) is 64.4 Å². The van der Waals surface area contributed by atoms with Gasteiger partial charge >= 0.3 is 5.00 Å². The van der Waals surface area contributed by atoms with Gasteiger partial charge in [-0.2, -0.15) is 0 Å². The van der Waals surface area contributed by atoms with Crippen molar-refractivity contribution in [2.24, 2.45) is 0 Å². The summed E-state index contributed by atoms with van der Waals surface area (Å²) in [5.41, 5.74) is 2.08. The molecule has 0 unspecified atom stereocenters. The zero-order valence-electron chi connectivity index (χ0n) is 10.5. The molecule has 0 bridgehead atoms. The Morgan fingerprint density at radius 3 is 2.53 bits per heavy atom. The molecule has 1 N–H and O–H groups in total. The zero-order chi connectivity index (χ0) is 13.7. The molecular weight excluding hydrogens is 264 g/mol. The van der Waals surface area contributed by atoms with Gasteiger partial charge in [0.2, 0.25) is 0 Å². The van der Waals surface area contributed by atoms with E-state index in [0.29, 0.717) is 13.1 Å². The van der Waals surface area contributed by atoms with Crippen LogP contribution in [0.4, 0.5) is 5.00 Å². The standard InChI is InChI=1S/C13H14N2O3S/c1-18-12-4-2-10(3-5-12)7-14-8-11-6-13(15(16)17)19-9-11/h2-6,9,14H,7-8H2,1H3. The molecule has 0 aliphatic rings. The van der Waals surface area contributed by atoms with E-state index in [4.69, 9.17) is 4.74 Å². The third-order valence-electron chi connectivity index (χ3n) is 2.64. The normalized spacial score (nSPS) is 10.4. The second kappa shape index (κ2) is 6.31. The molecule has 1 heterocycles. The monoisotopic (exact) mass is 278 g/mol. The Morgan fingerprint density at radius 2 is 1.95 bits per heavy atom. The minimum atomic E-state index is -0.363. The number of rotatable bonds is 6. The minimum absolute atomic E-state index is 0.182. The molecule has 19 heavy (non-hydrogen) atoms. The molecule has 1 aromatic heterocycles. The Kier molecular flexibility index (Phi) is 4.48. The number of thiophene rings is 1. The van der Waals surface area contributed by atoms with Crippen LogP contribution in [0.3, 0.4) is 0 Å². The van der Waals surface area contributed by atoms with Crippen LogP contribution in [-0.4, -0.2) is 12.0 Å². The van der Waals surface area contributed by atoms with Crippen LogP contribution in [0.1, 0.15) is 11.1 Å². The van der Waals surface area contributed by atoms with Gasteiger partial charge in [0.1, 0.15) is 5.75 Å². The maximum Gasteiger partial charge on any atom is 0.324 e. The van der Waals surface area contributed by atoms with Crippen molar-refractivity contribution in [2.45, 2.75) is 13.1 Å². The Balaban J connectivity index is 1.83. The Hall–Kier alpha value is -1.92. The van der Waals surface area contributed by atoms with Gasteiger partial charge in [-0.05, 0) is 23.3 Å². The second-order valence-electron chi connectivity index (χ2n) is 4.00. The quantitative estimate of drug-likeness (QED) is 0.651. The molecule has 0 spiro atoms. The van der Waals surface area contributed by atoms with Gasteiger partial charge in [0.25, 0.3) is 0 Å². The molecule has 2 rings (SSSR count). The van der Waals surface area contributed by atoms with Crippen LogP contribution in [0.25, 0.3) is 0 Å². The van der Waals surface area contributed by atoms with E-state index >= 15 is 0 Å². The van der Waals surface area contributed by atoms with Crippen LogP contribution < -0.4 is 10.1 Å². The maximum absolute atomic E-state index is 10.6. The second-order valence-corrected chi connectivity index (χ2v) is 4.89. The van der Waals surface area contributed by atoms with Crippen LogP contribution in [-0.2, 0) is 13.1 Å². The summed E-state index contributed by atoms with van der Waals surface area (Å²) in [6.45, 7) is 1.34. The number of nitro groups is 1. The number of methoxy groups -OCH3 is 1. The Labute approximate surface area is 115 Å². The average molecular weight is 278 g/mol. The molecule has 2 aromatic rings. The van der Waals surface area contributed by atoms with E-state index in [1.165, 1.54) is 0 Å². The van der Waals surface area contributed by atoms with E-state index < -0.39 is 0 Å². The molecule has 5 nitrogen and oxygen atoms in total. The van der Waals surface area contributed by atoms with Crippen molar-refractivity contribution in [1.82, 2.24) is 5.32 Å². The molecule has 1 aromatic carbocycles. The molecule has 0 aliphatic heterocycles. The molecular formula is C13H14N2O3S. The maximum atomic E-state index is 10.6. The Morgan fingerprint density at radius 1 is 1.26 bits per heavy atom. The van der Waals surface area contributed by atoms with Crippen molar-refractivity contribution in [3.05, 3.63) is 57.0 Å². The summed E-state index contributed by atoms with van der Waals surface area (Å²) in [6.07, 6.45) is 0. The van der Waals surface area contributed by atoms with Crippen molar-refractivity contribution in [3.8, 4) is 5.75 Å². The van der Waals surface area contributed by atoms with Crippen LogP contribution in [0.15, 0.2) is 35.7 Å². The van der Waals surface area contributed by atoms with Crippen LogP contribution in [0.5, 0.6) is 5.75 Å². The lowest BCUT2D eigenvalue weighted by Crippen LogP contribution is -2.11. The largest absolute Gasteiger partial charge is 0.497 e. The van der Waals surface area contributed by atoms with E-state index in [2.05, 4.69) is 5.32 Å². The molecule has 0 radical (unpaired) electrons. The molecule has 6 heteroatoms. The average Bonchev–Trinajstić information content (AvgIpc) is 2.89. The summed E-state index contributed by atoms with van der Waals surface area (Å²) < 4.78 is 5.09. The first-order chi connectivity index (χ1) is 9.19. The highest BCUT2D eigenvalue weighted by atomic mass is 32.1. The third-order valence-corrected chi connectivity index (χ3v) is 3.57. The fourth-order valence-electron chi connectivity index (χ4n) is 1.65. The van der Waals surface area contributed by atoms with Crippen LogP contribution in [0, 0.1) is 10.1 Å². The predicted octanol–water partition coefficient (Wildman–Crippen LogP) is 2.95. The number of benzene rings is 1. The minimum Gasteiger partial charge on any atom is -0.497 e. The lowest BCUT2D eigenvalue weighted by molar-refractivity contribution is -0.380. The van der Waals surface area contributed by atoms with E-state index in [1.54, 1.807) is 18.6 Å². The zero-order valence-corrected chi connectivity index (χ0v) is 11.3. The van der Waals surface area contributed by atoms with E-state index in [0.717, 1.165) is 28.2 Å². The van der Waals surface area contributed by atoms with Crippen LogP contribution in [0.2, 0.25) is 0 Å². The van der Waals surface area contributed by atoms with Crippen molar-refractivity contribution in [1.29, 1.82) is 0 Å². The van der Waals surface area contributed by atoms with Gasteiger partial charge in [0.15, 0.2) is 0 Å². The van der Waals surface area contributed by atoms with Gasteiger partial charge < -0.3 is 10.1 Å². The molecule has 0 saturated heterocycles. The lowest BCUT2D eigenvalue weighted by Gasteiger charge is -2.04.